The molecule has 2 aliphatic heterocycles. The summed E-state index contributed by atoms with van der Waals surface area (Å²) in [5.74, 6) is 1.45. The Morgan fingerprint density at radius 2 is 2.41 bits per heavy atom. The minimum atomic E-state index is 0.212. The van der Waals surface area contributed by atoms with Crippen LogP contribution in [0.1, 0.15) is 16.5 Å². The van der Waals surface area contributed by atoms with Gasteiger partial charge in [-0.05, 0) is 19.1 Å². The number of thiazole rings is 1. The zero-order chi connectivity index (χ0) is 14.9. The minimum Gasteiger partial charge on any atom is -0.468 e. The Morgan fingerprint density at radius 1 is 1.45 bits per heavy atom. The molecular weight excluding hydrogens is 300 g/mol. The summed E-state index contributed by atoms with van der Waals surface area (Å²) in [5, 5.41) is 3.17. The molecule has 2 saturated heterocycles. The average Bonchev–Trinajstić information content (AvgIpc) is 3.24. The van der Waals surface area contributed by atoms with Crippen LogP contribution in [0.2, 0.25) is 0 Å². The number of furan rings is 1. The van der Waals surface area contributed by atoms with E-state index in [-0.39, 0.29) is 6.10 Å². The summed E-state index contributed by atoms with van der Waals surface area (Å²) in [7, 11) is 0. The molecule has 0 bridgehead atoms. The van der Waals surface area contributed by atoms with Crippen molar-refractivity contribution in [3.8, 4) is 0 Å². The number of hydrogen-bond donors (Lipinski definition) is 0. The van der Waals surface area contributed by atoms with Gasteiger partial charge in [0.15, 0.2) is 0 Å². The molecule has 5 nitrogen and oxygen atoms in total. The number of nitrogens with zero attached hydrogens (tertiary/aromatic N) is 2. The van der Waals surface area contributed by atoms with Gasteiger partial charge in [-0.1, -0.05) is 0 Å². The molecule has 0 radical (unpaired) electrons. The van der Waals surface area contributed by atoms with Gasteiger partial charge in [-0.2, -0.15) is 0 Å². The molecule has 0 aliphatic carbocycles. The van der Waals surface area contributed by atoms with Gasteiger partial charge in [-0.15, -0.1) is 11.3 Å². The second-order valence-electron chi connectivity index (χ2n) is 5.98. The number of fused-ring (bicyclic) bond motifs is 1. The molecule has 2 aromatic heterocycles. The van der Waals surface area contributed by atoms with Gasteiger partial charge < -0.3 is 13.9 Å². The summed E-state index contributed by atoms with van der Waals surface area (Å²) in [5.41, 5.74) is 1.03. The number of aryl methyl sites for hydroxylation is 1. The fourth-order valence-electron chi connectivity index (χ4n) is 3.42. The van der Waals surface area contributed by atoms with E-state index in [1.165, 1.54) is 0 Å². The van der Waals surface area contributed by atoms with E-state index < -0.39 is 0 Å². The Labute approximate surface area is 133 Å². The summed E-state index contributed by atoms with van der Waals surface area (Å²) in [6, 6.07) is 4.40. The molecule has 0 N–H and O–H groups in total. The maximum absolute atomic E-state index is 6.16. The van der Waals surface area contributed by atoms with Crippen molar-refractivity contribution < 1.29 is 13.9 Å². The van der Waals surface area contributed by atoms with Crippen molar-refractivity contribution in [1.29, 1.82) is 0 Å². The van der Waals surface area contributed by atoms with Crippen molar-refractivity contribution in [3.05, 3.63) is 40.2 Å². The van der Waals surface area contributed by atoms with Gasteiger partial charge in [-0.3, -0.25) is 4.90 Å². The Balaban J connectivity index is 1.40. The molecule has 2 aromatic rings. The quantitative estimate of drug-likeness (QED) is 0.847. The molecule has 2 aliphatic rings. The molecule has 0 aromatic carbocycles. The molecular formula is C16H20N2O3S. The number of rotatable bonds is 5. The lowest BCUT2D eigenvalue weighted by Gasteiger charge is -2.20. The van der Waals surface area contributed by atoms with E-state index in [9.17, 15) is 0 Å². The third-order valence-electron chi connectivity index (χ3n) is 4.51. The average molecular weight is 320 g/mol. The van der Waals surface area contributed by atoms with Gasteiger partial charge in [-0.25, -0.2) is 4.98 Å². The molecule has 0 unspecified atom stereocenters. The van der Waals surface area contributed by atoms with E-state index in [2.05, 4.69) is 15.3 Å². The summed E-state index contributed by atoms with van der Waals surface area (Å²) in [4.78, 5) is 6.89. The summed E-state index contributed by atoms with van der Waals surface area (Å²) < 4.78 is 17.3. The number of aromatic nitrogens is 1. The summed E-state index contributed by atoms with van der Waals surface area (Å²) in [6.45, 7) is 5.96. The molecule has 2 fully saturated rings. The van der Waals surface area contributed by atoms with Gasteiger partial charge >= 0.3 is 0 Å². The van der Waals surface area contributed by atoms with Crippen LogP contribution in [0.25, 0.3) is 0 Å². The lowest BCUT2D eigenvalue weighted by atomic mass is 10.0. The monoisotopic (exact) mass is 320 g/mol. The van der Waals surface area contributed by atoms with Crippen LogP contribution in [-0.4, -0.2) is 41.8 Å². The van der Waals surface area contributed by atoms with Gasteiger partial charge in [0.05, 0.1) is 49.4 Å². The lowest BCUT2D eigenvalue weighted by Crippen LogP contribution is -2.32. The Bertz CT molecular complexity index is 613. The highest BCUT2D eigenvalue weighted by Crippen LogP contribution is 2.33. The third-order valence-corrected chi connectivity index (χ3v) is 5.33. The first-order chi connectivity index (χ1) is 10.8. The topological polar surface area (TPSA) is 47.7 Å². The van der Waals surface area contributed by atoms with Gasteiger partial charge in [0.2, 0.25) is 0 Å². The Hall–Kier alpha value is -1.21. The van der Waals surface area contributed by atoms with E-state index in [4.69, 9.17) is 13.9 Å². The fourth-order valence-corrected chi connectivity index (χ4v) is 4.02. The van der Waals surface area contributed by atoms with Crippen LogP contribution in [-0.2, 0) is 22.6 Å². The number of likely N-dealkylation sites (tertiary alicyclic amines) is 1. The first-order valence-electron chi connectivity index (χ1n) is 7.66. The zero-order valence-corrected chi connectivity index (χ0v) is 13.4. The van der Waals surface area contributed by atoms with Crippen molar-refractivity contribution in [2.24, 2.45) is 5.92 Å². The fraction of sp³-hybridized carbons (Fsp3) is 0.562. The Morgan fingerprint density at radius 3 is 3.18 bits per heavy atom. The second-order valence-corrected chi connectivity index (χ2v) is 7.05. The van der Waals surface area contributed by atoms with Crippen molar-refractivity contribution in [1.82, 2.24) is 9.88 Å². The standard InChI is InChI=1S/C16H20N2O3S/c1-11-17-12(10-22-11)7-21-16-6-18(5-13-3-2-4-20-13)15-9-19-8-14(15)16/h2-4,10,14-16H,5-9H2,1H3/t14-,15+,16+/m0/s1. The predicted molar refractivity (Wildman–Crippen MR) is 82.6 cm³/mol. The van der Waals surface area contributed by atoms with E-state index in [0.29, 0.717) is 18.6 Å². The molecule has 4 rings (SSSR count). The largest absolute Gasteiger partial charge is 0.468 e. The first kappa shape index (κ1) is 14.4. The van der Waals surface area contributed by atoms with Crippen molar-refractivity contribution in [2.45, 2.75) is 32.2 Å². The molecule has 0 spiro atoms. The lowest BCUT2D eigenvalue weighted by molar-refractivity contribution is 0.00723. The second kappa shape index (κ2) is 6.12. The number of ether oxygens (including phenoxy) is 2. The maximum atomic E-state index is 6.16. The van der Waals surface area contributed by atoms with Crippen molar-refractivity contribution >= 4 is 11.3 Å². The predicted octanol–water partition coefficient (Wildman–Crippen LogP) is 2.46. The van der Waals surface area contributed by atoms with Gasteiger partial charge in [0.1, 0.15) is 5.76 Å². The van der Waals surface area contributed by atoms with Crippen LogP contribution in [0, 0.1) is 12.8 Å². The van der Waals surface area contributed by atoms with Gasteiger partial charge in [0, 0.05) is 23.9 Å². The molecule has 3 atom stereocenters. The molecule has 0 saturated carbocycles. The highest BCUT2D eigenvalue weighted by molar-refractivity contribution is 7.09. The molecule has 22 heavy (non-hydrogen) atoms. The van der Waals surface area contributed by atoms with Gasteiger partial charge in [0.25, 0.3) is 0 Å². The van der Waals surface area contributed by atoms with E-state index in [1.54, 1.807) is 17.6 Å². The highest BCUT2D eigenvalue weighted by Gasteiger charge is 2.46. The zero-order valence-electron chi connectivity index (χ0n) is 12.6. The molecule has 0 amide bonds. The first-order valence-corrected chi connectivity index (χ1v) is 8.54. The molecule has 6 heteroatoms. The van der Waals surface area contributed by atoms with Crippen LogP contribution in [0.3, 0.4) is 0 Å². The molecule has 4 heterocycles. The van der Waals surface area contributed by atoms with Crippen LogP contribution in [0.4, 0.5) is 0 Å². The van der Waals surface area contributed by atoms with Crippen LogP contribution < -0.4 is 0 Å². The van der Waals surface area contributed by atoms with E-state index in [1.807, 2.05) is 19.1 Å². The van der Waals surface area contributed by atoms with Crippen molar-refractivity contribution in [3.63, 3.8) is 0 Å². The van der Waals surface area contributed by atoms with E-state index >= 15 is 0 Å². The summed E-state index contributed by atoms with van der Waals surface area (Å²) in [6.07, 6.45) is 1.94. The number of hydrogen-bond acceptors (Lipinski definition) is 6. The summed E-state index contributed by atoms with van der Waals surface area (Å²) >= 11 is 1.67. The molecule has 118 valence electrons. The Kier molecular flexibility index (Phi) is 4.00. The SMILES string of the molecule is Cc1nc(CO[C@@H]2CN(Cc3ccco3)[C@@H]3COC[C@@H]32)cs1. The minimum absolute atomic E-state index is 0.212. The normalized spacial score (nSPS) is 28.3. The maximum Gasteiger partial charge on any atom is 0.117 e. The third kappa shape index (κ3) is 2.84. The van der Waals surface area contributed by atoms with Crippen molar-refractivity contribution in [2.75, 3.05) is 19.8 Å². The van der Waals surface area contributed by atoms with Crippen LogP contribution in [0.5, 0.6) is 0 Å². The smallest absolute Gasteiger partial charge is 0.117 e. The van der Waals surface area contributed by atoms with Crippen LogP contribution in [0.15, 0.2) is 28.2 Å². The highest BCUT2D eigenvalue weighted by atomic mass is 32.1. The van der Waals surface area contributed by atoms with E-state index in [0.717, 1.165) is 42.8 Å². The van der Waals surface area contributed by atoms with Crippen LogP contribution >= 0.6 is 11.3 Å².